The second-order valence-electron chi connectivity index (χ2n) is 5.97. The number of rotatable bonds is 4. The summed E-state index contributed by atoms with van der Waals surface area (Å²) in [6.45, 7) is 3.98. The van der Waals surface area contributed by atoms with Gasteiger partial charge in [0.25, 0.3) is 5.91 Å². The molecule has 6 heteroatoms. The molecule has 0 bridgehead atoms. The van der Waals surface area contributed by atoms with Gasteiger partial charge in [0, 0.05) is 15.5 Å². The van der Waals surface area contributed by atoms with Gasteiger partial charge in [-0.3, -0.25) is 10.1 Å². The van der Waals surface area contributed by atoms with Crippen LogP contribution in [0.15, 0.2) is 54.1 Å². The van der Waals surface area contributed by atoms with Crippen molar-refractivity contribution >= 4 is 40.1 Å². The van der Waals surface area contributed by atoms with E-state index in [1.165, 1.54) is 23.0 Å². The molecule has 0 unspecified atom stereocenters. The lowest BCUT2D eigenvalue weighted by Crippen LogP contribution is -2.13. The van der Waals surface area contributed by atoms with E-state index in [-0.39, 0.29) is 5.57 Å². The third-order valence-electron chi connectivity index (χ3n) is 3.89. The van der Waals surface area contributed by atoms with E-state index in [0.717, 1.165) is 21.7 Å². The fourth-order valence-electron chi connectivity index (χ4n) is 2.47. The van der Waals surface area contributed by atoms with Gasteiger partial charge in [-0.05, 0) is 37.6 Å². The molecule has 3 aromatic rings. The molecule has 0 aliphatic rings. The third kappa shape index (κ3) is 4.62. The van der Waals surface area contributed by atoms with Crippen molar-refractivity contribution < 1.29 is 4.79 Å². The Labute approximate surface area is 166 Å². The maximum atomic E-state index is 12.5. The molecule has 2 aromatic carbocycles. The molecule has 4 nitrogen and oxygen atoms in total. The Morgan fingerprint density at radius 1 is 1.15 bits per heavy atom. The number of anilines is 1. The molecule has 1 heterocycles. The van der Waals surface area contributed by atoms with Crippen molar-refractivity contribution in [3.05, 3.63) is 75.1 Å². The average molecular weight is 394 g/mol. The molecular formula is C21H16ClN3OS. The summed E-state index contributed by atoms with van der Waals surface area (Å²) in [7, 11) is 0. The molecule has 1 N–H and O–H groups in total. The van der Waals surface area contributed by atoms with Crippen LogP contribution in [-0.2, 0) is 4.79 Å². The number of aryl methyl sites for hydroxylation is 2. The number of carbonyl (C=O) groups is 1. The van der Waals surface area contributed by atoms with Gasteiger partial charge >= 0.3 is 0 Å². The normalized spacial score (nSPS) is 11.1. The highest BCUT2D eigenvalue weighted by Crippen LogP contribution is 2.30. The average Bonchev–Trinajstić information content (AvgIpc) is 3.02. The van der Waals surface area contributed by atoms with E-state index < -0.39 is 5.91 Å². The molecule has 0 aliphatic carbocycles. The molecule has 0 radical (unpaired) electrons. The fourth-order valence-corrected chi connectivity index (χ4v) is 3.42. The fraction of sp³-hybridized carbons (Fsp3) is 0.0952. The Morgan fingerprint density at radius 3 is 2.44 bits per heavy atom. The van der Waals surface area contributed by atoms with Crippen molar-refractivity contribution in [1.29, 1.82) is 5.26 Å². The van der Waals surface area contributed by atoms with Crippen LogP contribution in [0.4, 0.5) is 5.13 Å². The van der Waals surface area contributed by atoms with Crippen molar-refractivity contribution in [3.8, 4) is 17.3 Å². The quantitative estimate of drug-likeness (QED) is 0.461. The second kappa shape index (κ2) is 8.17. The largest absolute Gasteiger partial charge is 0.297 e. The molecule has 0 aliphatic heterocycles. The predicted octanol–water partition coefficient (Wildman–Crippen LogP) is 5.63. The number of nitrogens with one attached hydrogen (secondary N) is 1. The zero-order valence-corrected chi connectivity index (χ0v) is 16.4. The molecule has 0 saturated heterocycles. The van der Waals surface area contributed by atoms with Crippen LogP contribution >= 0.6 is 22.9 Å². The van der Waals surface area contributed by atoms with Crippen LogP contribution in [0.3, 0.4) is 0 Å². The zero-order valence-electron chi connectivity index (χ0n) is 14.8. The van der Waals surface area contributed by atoms with Gasteiger partial charge in [-0.15, -0.1) is 11.3 Å². The number of halogens is 1. The third-order valence-corrected chi connectivity index (χ3v) is 5.03. The Morgan fingerprint density at radius 2 is 1.81 bits per heavy atom. The Kier molecular flexibility index (Phi) is 5.70. The first-order valence-electron chi connectivity index (χ1n) is 8.19. The minimum absolute atomic E-state index is 0.00191. The maximum absolute atomic E-state index is 12.5. The Balaban J connectivity index is 1.81. The summed E-state index contributed by atoms with van der Waals surface area (Å²) < 4.78 is 0. The lowest BCUT2D eigenvalue weighted by molar-refractivity contribution is -0.112. The molecule has 1 amide bonds. The summed E-state index contributed by atoms with van der Waals surface area (Å²) in [6, 6.07) is 16.9. The van der Waals surface area contributed by atoms with Gasteiger partial charge in [0.15, 0.2) is 5.13 Å². The van der Waals surface area contributed by atoms with Gasteiger partial charge in [-0.2, -0.15) is 5.26 Å². The number of thiazole rings is 1. The number of nitriles is 1. The van der Waals surface area contributed by atoms with Gasteiger partial charge in [-0.25, -0.2) is 4.98 Å². The molecule has 0 saturated carbocycles. The van der Waals surface area contributed by atoms with Crippen LogP contribution in [0.1, 0.15) is 16.0 Å². The summed E-state index contributed by atoms with van der Waals surface area (Å²) in [5.74, 6) is -0.489. The molecule has 3 rings (SSSR count). The monoisotopic (exact) mass is 393 g/mol. The highest BCUT2D eigenvalue weighted by atomic mass is 35.5. The molecule has 27 heavy (non-hydrogen) atoms. The van der Waals surface area contributed by atoms with E-state index in [4.69, 9.17) is 11.6 Å². The highest BCUT2D eigenvalue weighted by molar-refractivity contribution is 7.16. The van der Waals surface area contributed by atoms with Gasteiger partial charge in [0.05, 0.1) is 5.69 Å². The van der Waals surface area contributed by atoms with Gasteiger partial charge < -0.3 is 0 Å². The summed E-state index contributed by atoms with van der Waals surface area (Å²) in [5.41, 5.74) is 3.72. The van der Waals surface area contributed by atoms with Gasteiger partial charge in [0.1, 0.15) is 11.6 Å². The van der Waals surface area contributed by atoms with Crippen molar-refractivity contribution in [1.82, 2.24) is 4.98 Å². The van der Waals surface area contributed by atoms with Crippen molar-refractivity contribution in [2.24, 2.45) is 0 Å². The van der Waals surface area contributed by atoms with E-state index in [9.17, 15) is 10.1 Å². The lowest BCUT2D eigenvalue weighted by Gasteiger charge is -2.01. The number of carbonyl (C=O) groups excluding carboxylic acids is 1. The first-order chi connectivity index (χ1) is 13.0. The van der Waals surface area contributed by atoms with E-state index in [1.807, 2.05) is 44.2 Å². The second-order valence-corrected chi connectivity index (χ2v) is 7.60. The van der Waals surface area contributed by atoms with Crippen LogP contribution < -0.4 is 5.32 Å². The number of amides is 1. The zero-order chi connectivity index (χ0) is 19.4. The highest BCUT2D eigenvalue weighted by Gasteiger charge is 2.15. The topological polar surface area (TPSA) is 65.8 Å². The lowest BCUT2D eigenvalue weighted by atomic mass is 10.1. The van der Waals surface area contributed by atoms with Crippen molar-refractivity contribution in [2.45, 2.75) is 13.8 Å². The number of benzene rings is 2. The first-order valence-corrected chi connectivity index (χ1v) is 9.39. The first kappa shape index (κ1) is 18.8. The molecule has 0 fully saturated rings. The summed E-state index contributed by atoms with van der Waals surface area (Å²) in [6.07, 6.45) is 1.52. The number of hydrogen-bond acceptors (Lipinski definition) is 4. The van der Waals surface area contributed by atoms with Crippen LogP contribution in [0, 0.1) is 25.2 Å². The standard InChI is InChI=1S/C21H16ClN3OS/c1-13-3-7-16(8-4-13)19-14(2)27-21(24-19)25-20(26)17(12-23)11-15-5-9-18(22)10-6-15/h3-11H,1-2H3,(H,24,25,26)/b17-11+. The molecular weight excluding hydrogens is 378 g/mol. The maximum Gasteiger partial charge on any atom is 0.268 e. The van der Waals surface area contributed by atoms with E-state index in [0.29, 0.717) is 10.2 Å². The van der Waals surface area contributed by atoms with Crippen molar-refractivity contribution in [3.63, 3.8) is 0 Å². The Bertz CT molecular complexity index is 1040. The predicted molar refractivity (Wildman–Crippen MR) is 111 cm³/mol. The number of nitrogens with zero attached hydrogens (tertiary/aromatic N) is 2. The molecule has 0 spiro atoms. The van der Waals surface area contributed by atoms with E-state index in [1.54, 1.807) is 24.3 Å². The van der Waals surface area contributed by atoms with Crippen LogP contribution in [0.5, 0.6) is 0 Å². The molecule has 0 atom stereocenters. The number of aromatic nitrogens is 1. The van der Waals surface area contributed by atoms with Crippen molar-refractivity contribution in [2.75, 3.05) is 5.32 Å². The van der Waals surface area contributed by atoms with E-state index >= 15 is 0 Å². The van der Waals surface area contributed by atoms with Crippen LogP contribution in [-0.4, -0.2) is 10.9 Å². The Hall–Kier alpha value is -2.94. The summed E-state index contributed by atoms with van der Waals surface area (Å²) >= 11 is 7.24. The molecule has 134 valence electrons. The summed E-state index contributed by atoms with van der Waals surface area (Å²) in [4.78, 5) is 18.0. The SMILES string of the molecule is Cc1ccc(-c2nc(NC(=O)/C(C#N)=C/c3ccc(Cl)cc3)sc2C)cc1. The number of hydrogen-bond donors (Lipinski definition) is 1. The minimum Gasteiger partial charge on any atom is -0.297 e. The smallest absolute Gasteiger partial charge is 0.268 e. The van der Waals surface area contributed by atoms with Gasteiger partial charge in [0.2, 0.25) is 0 Å². The minimum atomic E-state index is -0.489. The van der Waals surface area contributed by atoms with Gasteiger partial charge in [-0.1, -0.05) is 53.6 Å². The van der Waals surface area contributed by atoms with Crippen LogP contribution in [0.25, 0.3) is 17.3 Å². The summed E-state index contributed by atoms with van der Waals surface area (Å²) in [5, 5.41) is 13.1. The van der Waals surface area contributed by atoms with E-state index in [2.05, 4.69) is 10.3 Å². The van der Waals surface area contributed by atoms with Crippen LogP contribution in [0.2, 0.25) is 5.02 Å². The molecule has 1 aromatic heterocycles.